The van der Waals surface area contributed by atoms with Gasteiger partial charge in [-0.3, -0.25) is 9.69 Å². The lowest BCUT2D eigenvalue weighted by Gasteiger charge is -2.43. The molecule has 0 atom stereocenters. The van der Waals surface area contributed by atoms with E-state index < -0.39 is 0 Å². The van der Waals surface area contributed by atoms with E-state index in [1.54, 1.807) is 12.4 Å². The lowest BCUT2D eigenvalue weighted by atomic mass is 9.78. The van der Waals surface area contributed by atoms with Crippen LogP contribution in [0.2, 0.25) is 0 Å². The number of aromatic nitrogens is 3. The Hall–Kier alpha value is -2.90. The van der Waals surface area contributed by atoms with Crippen LogP contribution in [0.3, 0.4) is 0 Å². The first kappa shape index (κ1) is 18.1. The molecule has 3 aromatic rings. The van der Waals surface area contributed by atoms with E-state index in [1.165, 1.54) is 0 Å². The Kier molecular flexibility index (Phi) is 4.91. The SMILES string of the molecule is O=C(Nc1cc2cc(-c3cccnn3)ccc2cn1)C1CC(N2CCOCC2)C1. The van der Waals surface area contributed by atoms with Crippen LogP contribution in [0.4, 0.5) is 5.82 Å². The highest BCUT2D eigenvalue weighted by Gasteiger charge is 2.38. The normalized spacial score (nSPS) is 22.2. The summed E-state index contributed by atoms with van der Waals surface area (Å²) in [4.78, 5) is 19.5. The molecule has 29 heavy (non-hydrogen) atoms. The molecule has 0 spiro atoms. The van der Waals surface area contributed by atoms with Crippen molar-refractivity contribution in [3.05, 3.63) is 48.8 Å². The fourth-order valence-corrected chi connectivity index (χ4v) is 4.10. The third-order valence-corrected chi connectivity index (χ3v) is 5.89. The van der Waals surface area contributed by atoms with Gasteiger partial charge in [-0.25, -0.2) is 4.98 Å². The lowest BCUT2D eigenvalue weighted by Crippen LogP contribution is -2.52. The molecular formula is C22H23N5O2. The molecule has 1 saturated carbocycles. The maximum atomic E-state index is 12.6. The fourth-order valence-electron chi connectivity index (χ4n) is 4.10. The zero-order valence-electron chi connectivity index (χ0n) is 16.1. The van der Waals surface area contributed by atoms with E-state index >= 15 is 0 Å². The number of benzene rings is 1. The first-order valence-electron chi connectivity index (χ1n) is 10.1. The molecule has 1 aliphatic heterocycles. The zero-order chi connectivity index (χ0) is 19.6. The van der Waals surface area contributed by atoms with Crippen molar-refractivity contribution >= 4 is 22.5 Å². The Morgan fingerprint density at radius 3 is 2.76 bits per heavy atom. The van der Waals surface area contributed by atoms with Crippen LogP contribution in [-0.2, 0) is 9.53 Å². The first-order valence-corrected chi connectivity index (χ1v) is 10.1. The predicted octanol–water partition coefficient (Wildman–Crippen LogP) is 2.74. The Labute approximate surface area is 169 Å². The van der Waals surface area contributed by atoms with Gasteiger partial charge in [0, 0.05) is 48.4 Å². The molecule has 2 fully saturated rings. The van der Waals surface area contributed by atoms with Crippen molar-refractivity contribution in [2.24, 2.45) is 5.92 Å². The van der Waals surface area contributed by atoms with E-state index in [-0.39, 0.29) is 11.8 Å². The van der Waals surface area contributed by atoms with Gasteiger partial charge in [0.1, 0.15) is 5.82 Å². The summed E-state index contributed by atoms with van der Waals surface area (Å²) in [6, 6.07) is 12.3. The van der Waals surface area contributed by atoms with Crippen LogP contribution >= 0.6 is 0 Å². The highest BCUT2D eigenvalue weighted by Crippen LogP contribution is 2.33. The minimum absolute atomic E-state index is 0.0614. The van der Waals surface area contributed by atoms with Gasteiger partial charge in [-0.1, -0.05) is 12.1 Å². The fraction of sp³-hybridized carbons (Fsp3) is 0.364. The van der Waals surface area contributed by atoms with Crippen molar-refractivity contribution in [2.75, 3.05) is 31.6 Å². The van der Waals surface area contributed by atoms with Crippen molar-refractivity contribution in [3.63, 3.8) is 0 Å². The minimum atomic E-state index is 0.0614. The predicted molar refractivity (Wildman–Crippen MR) is 110 cm³/mol. The molecule has 5 rings (SSSR count). The van der Waals surface area contributed by atoms with Crippen LogP contribution in [0.15, 0.2) is 48.8 Å². The lowest BCUT2D eigenvalue weighted by molar-refractivity contribution is -0.125. The van der Waals surface area contributed by atoms with E-state index in [9.17, 15) is 4.79 Å². The number of amides is 1. The van der Waals surface area contributed by atoms with E-state index in [1.807, 2.05) is 30.3 Å². The van der Waals surface area contributed by atoms with Crippen LogP contribution in [0.5, 0.6) is 0 Å². The molecule has 0 bridgehead atoms. The number of hydrogen-bond acceptors (Lipinski definition) is 6. The third-order valence-electron chi connectivity index (χ3n) is 5.89. The molecule has 7 nitrogen and oxygen atoms in total. The molecule has 7 heteroatoms. The average Bonchev–Trinajstić information content (AvgIpc) is 2.73. The number of fused-ring (bicyclic) bond motifs is 1. The molecular weight excluding hydrogens is 366 g/mol. The number of carbonyl (C=O) groups excluding carboxylic acids is 1. The van der Waals surface area contributed by atoms with Gasteiger partial charge in [0.15, 0.2) is 0 Å². The van der Waals surface area contributed by atoms with Crippen molar-refractivity contribution < 1.29 is 9.53 Å². The second-order valence-electron chi connectivity index (χ2n) is 7.70. The summed E-state index contributed by atoms with van der Waals surface area (Å²) in [6.45, 7) is 3.54. The average molecular weight is 389 g/mol. The number of nitrogens with zero attached hydrogens (tertiary/aromatic N) is 4. The molecule has 0 unspecified atom stereocenters. The number of rotatable bonds is 4. The van der Waals surface area contributed by atoms with Crippen LogP contribution in [0.25, 0.3) is 22.0 Å². The van der Waals surface area contributed by atoms with Gasteiger partial charge in [0.2, 0.25) is 5.91 Å². The Balaban J connectivity index is 1.26. The summed E-state index contributed by atoms with van der Waals surface area (Å²) in [6.07, 6.45) is 5.28. The Morgan fingerprint density at radius 1 is 1.10 bits per heavy atom. The van der Waals surface area contributed by atoms with Crippen LogP contribution < -0.4 is 5.32 Å². The monoisotopic (exact) mass is 389 g/mol. The van der Waals surface area contributed by atoms with Gasteiger partial charge in [0.25, 0.3) is 0 Å². The second kappa shape index (κ2) is 7.85. The number of carbonyl (C=O) groups is 1. The maximum absolute atomic E-state index is 12.6. The molecule has 1 saturated heterocycles. The maximum Gasteiger partial charge on any atom is 0.228 e. The molecule has 1 amide bonds. The second-order valence-corrected chi connectivity index (χ2v) is 7.70. The quantitative estimate of drug-likeness (QED) is 0.739. The number of hydrogen-bond donors (Lipinski definition) is 1. The van der Waals surface area contributed by atoms with Gasteiger partial charge < -0.3 is 10.1 Å². The molecule has 1 aliphatic carbocycles. The van der Waals surface area contributed by atoms with E-state index in [0.717, 1.165) is 61.2 Å². The van der Waals surface area contributed by atoms with E-state index in [4.69, 9.17) is 4.74 Å². The zero-order valence-corrected chi connectivity index (χ0v) is 16.1. The third kappa shape index (κ3) is 3.83. The number of nitrogens with one attached hydrogen (secondary N) is 1. The molecule has 2 aliphatic rings. The number of pyridine rings is 1. The number of morpholine rings is 1. The number of ether oxygens (including phenoxy) is 1. The Morgan fingerprint density at radius 2 is 1.97 bits per heavy atom. The van der Waals surface area contributed by atoms with Crippen molar-refractivity contribution in [1.82, 2.24) is 20.1 Å². The largest absolute Gasteiger partial charge is 0.379 e. The summed E-state index contributed by atoms with van der Waals surface area (Å²) in [5.74, 6) is 0.714. The summed E-state index contributed by atoms with van der Waals surface area (Å²) >= 11 is 0. The summed E-state index contributed by atoms with van der Waals surface area (Å²) in [7, 11) is 0. The highest BCUT2D eigenvalue weighted by atomic mass is 16.5. The Bertz CT molecular complexity index is 1010. The van der Waals surface area contributed by atoms with Gasteiger partial charge in [-0.2, -0.15) is 10.2 Å². The first-order chi connectivity index (χ1) is 14.3. The van der Waals surface area contributed by atoms with Gasteiger partial charge in [-0.05, 0) is 42.5 Å². The van der Waals surface area contributed by atoms with Crippen LogP contribution in [-0.4, -0.2) is 58.3 Å². The smallest absolute Gasteiger partial charge is 0.228 e. The molecule has 148 valence electrons. The molecule has 0 radical (unpaired) electrons. The number of anilines is 1. The molecule has 1 N–H and O–H groups in total. The van der Waals surface area contributed by atoms with Crippen LogP contribution in [0.1, 0.15) is 12.8 Å². The summed E-state index contributed by atoms with van der Waals surface area (Å²) in [5.41, 5.74) is 1.81. The van der Waals surface area contributed by atoms with Gasteiger partial charge in [-0.15, -0.1) is 0 Å². The molecule has 1 aromatic carbocycles. The topological polar surface area (TPSA) is 80.2 Å². The summed E-state index contributed by atoms with van der Waals surface area (Å²) < 4.78 is 5.41. The molecule has 3 heterocycles. The van der Waals surface area contributed by atoms with E-state index in [0.29, 0.717) is 11.9 Å². The summed E-state index contributed by atoms with van der Waals surface area (Å²) in [5, 5.41) is 13.1. The molecule has 2 aromatic heterocycles. The van der Waals surface area contributed by atoms with Crippen molar-refractivity contribution in [2.45, 2.75) is 18.9 Å². The van der Waals surface area contributed by atoms with Gasteiger partial charge >= 0.3 is 0 Å². The van der Waals surface area contributed by atoms with E-state index in [2.05, 4.69) is 31.5 Å². The minimum Gasteiger partial charge on any atom is -0.379 e. The van der Waals surface area contributed by atoms with Crippen molar-refractivity contribution in [1.29, 1.82) is 0 Å². The van der Waals surface area contributed by atoms with Crippen molar-refractivity contribution in [3.8, 4) is 11.3 Å². The van der Waals surface area contributed by atoms with Gasteiger partial charge in [0.05, 0.1) is 18.9 Å². The highest BCUT2D eigenvalue weighted by molar-refractivity contribution is 5.95. The standard InChI is InChI=1S/C22H23N5O2/c28-22(18-11-19(12-18)27-6-8-29-9-7-27)25-21-13-17-10-15(3-4-16(17)14-23-21)20-2-1-5-24-26-20/h1-5,10,13-14,18-19H,6-9,11-12H2,(H,23,25,28). The van der Waals surface area contributed by atoms with Crippen LogP contribution in [0, 0.1) is 5.92 Å².